The van der Waals surface area contributed by atoms with Gasteiger partial charge in [-0.3, -0.25) is 14.4 Å². The van der Waals surface area contributed by atoms with Gasteiger partial charge in [0.05, 0.1) is 11.0 Å². The van der Waals surface area contributed by atoms with E-state index in [-0.39, 0.29) is 30.3 Å². The van der Waals surface area contributed by atoms with Gasteiger partial charge in [-0.1, -0.05) is 30.3 Å². The van der Waals surface area contributed by atoms with Gasteiger partial charge in [-0.05, 0) is 41.6 Å². The van der Waals surface area contributed by atoms with Crippen LogP contribution in [0.15, 0.2) is 54.6 Å². The molecule has 0 spiro atoms. The molecule has 2 aromatic carbocycles. The van der Waals surface area contributed by atoms with Crippen LogP contribution < -0.4 is 11.1 Å². The normalized spacial score (nSPS) is 21.0. The molecule has 0 radical (unpaired) electrons. The minimum Gasteiger partial charge on any atom is -0.399 e. The highest BCUT2D eigenvalue weighted by Crippen LogP contribution is 2.29. The van der Waals surface area contributed by atoms with Gasteiger partial charge < -0.3 is 20.7 Å². The number of hydrogen-bond acceptors (Lipinski definition) is 6. The molecule has 5 rings (SSSR count). The molecular weight excluding hydrogens is 426 g/mol. The first-order chi connectivity index (χ1) is 15.5. The summed E-state index contributed by atoms with van der Waals surface area (Å²) in [5.74, 6) is -0.643. The predicted octanol–water partition coefficient (Wildman–Crippen LogP) is 2.39. The number of amides is 2. The molecule has 2 aliphatic heterocycles. The number of benzene rings is 2. The molecule has 3 unspecified atom stereocenters. The molecule has 3 atom stereocenters. The van der Waals surface area contributed by atoms with E-state index >= 15 is 0 Å². The van der Waals surface area contributed by atoms with E-state index in [2.05, 4.69) is 5.32 Å². The Labute approximate surface area is 189 Å². The van der Waals surface area contributed by atoms with Crippen LogP contribution in [-0.4, -0.2) is 53.8 Å². The third-order valence-electron chi connectivity index (χ3n) is 6.07. The summed E-state index contributed by atoms with van der Waals surface area (Å²) < 4.78 is 6.53. The number of ketones is 1. The van der Waals surface area contributed by atoms with Crippen molar-refractivity contribution >= 4 is 44.7 Å². The molecule has 164 valence electrons. The Morgan fingerprint density at radius 3 is 2.75 bits per heavy atom. The van der Waals surface area contributed by atoms with Crippen LogP contribution in [0.4, 0.5) is 5.69 Å². The summed E-state index contributed by atoms with van der Waals surface area (Å²) in [5, 5.41) is 3.91. The largest absolute Gasteiger partial charge is 0.399 e. The summed E-state index contributed by atoms with van der Waals surface area (Å²) in [7, 11) is 0. The van der Waals surface area contributed by atoms with E-state index in [1.807, 2.05) is 42.5 Å². The number of likely N-dealkylation sites (tertiary alicyclic amines) is 1. The lowest BCUT2D eigenvalue weighted by molar-refractivity contribution is -0.138. The number of nitrogens with two attached hydrogens (primary N) is 1. The van der Waals surface area contributed by atoms with Crippen LogP contribution in [0.25, 0.3) is 10.1 Å². The third kappa shape index (κ3) is 3.87. The van der Waals surface area contributed by atoms with E-state index in [1.165, 1.54) is 11.3 Å². The molecular formula is C24H23N3O4S. The van der Waals surface area contributed by atoms with E-state index < -0.39 is 12.1 Å². The highest BCUT2D eigenvalue weighted by Gasteiger charge is 2.48. The highest BCUT2D eigenvalue weighted by atomic mass is 32.1. The summed E-state index contributed by atoms with van der Waals surface area (Å²) in [6.45, 7) is 0.479. The summed E-state index contributed by atoms with van der Waals surface area (Å²) in [4.78, 5) is 41.1. The van der Waals surface area contributed by atoms with Crippen molar-refractivity contribution in [3.63, 3.8) is 0 Å². The van der Waals surface area contributed by atoms with E-state index in [0.717, 1.165) is 15.6 Å². The first-order valence-electron chi connectivity index (χ1n) is 10.6. The lowest BCUT2D eigenvalue weighted by atomic mass is 10.0. The molecule has 0 bridgehead atoms. The number of nitrogen functional groups attached to an aromatic ring is 1. The zero-order chi connectivity index (χ0) is 22.2. The molecule has 1 aromatic heterocycles. The van der Waals surface area contributed by atoms with Gasteiger partial charge in [-0.15, -0.1) is 11.3 Å². The zero-order valence-electron chi connectivity index (χ0n) is 17.3. The first-order valence-corrected chi connectivity index (χ1v) is 11.4. The van der Waals surface area contributed by atoms with Crippen LogP contribution in [0, 0.1) is 0 Å². The Bertz CT molecular complexity index is 1160. The Kier molecular flexibility index (Phi) is 5.40. The van der Waals surface area contributed by atoms with Crippen molar-refractivity contribution in [1.82, 2.24) is 10.2 Å². The summed E-state index contributed by atoms with van der Waals surface area (Å²) in [5.41, 5.74) is 7.29. The fourth-order valence-electron chi connectivity index (χ4n) is 4.45. The second-order valence-electron chi connectivity index (χ2n) is 8.20. The second kappa shape index (κ2) is 8.37. The second-order valence-corrected chi connectivity index (χ2v) is 9.28. The molecule has 3 aromatic rings. The van der Waals surface area contributed by atoms with E-state index in [4.69, 9.17) is 10.5 Å². The van der Waals surface area contributed by atoms with Crippen molar-refractivity contribution in [3.05, 3.63) is 65.0 Å². The number of carbonyl (C=O) groups excluding carboxylic acids is 3. The number of anilines is 1. The Morgan fingerprint density at radius 1 is 1.19 bits per heavy atom. The average molecular weight is 450 g/mol. The van der Waals surface area contributed by atoms with Gasteiger partial charge in [-0.2, -0.15) is 0 Å². The number of Topliss-reactive ketones (excluding diaryl/α,β-unsaturated/α-hetero) is 1. The molecule has 3 N–H and O–H groups in total. The summed E-state index contributed by atoms with van der Waals surface area (Å²) >= 11 is 1.39. The molecule has 2 aliphatic rings. The third-order valence-corrected chi connectivity index (χ3v) is 7.18. The number of hydrogen-bond donors (Lipinski definition) is 2. The van der Waals surface area contributed by atoms with Crippen molar-refractivity contribution in [3.8, 4) is 0 Å². The van der Waals surface area contributed by atoms with Crippen molar-refractivity contribution in [2.45, 2.75) is 31.0 Å². The van der Waals surface area contributed by atoms with E-state index in [0.29, 0.717) is 30.0 Å². The fraction of sp³-hybridized carbons (Fsp3) is 0.292. The quantitative estimate of drug-likeness (QED) is 0.583. The minimum absolute atomic E-state index is 0.0376. The first kappa shape index (κ1) is 20.7. The molecule has 2 fully saturated rings. The van der Waals surface area contributed by atoms with Gasteiger partial charge in [0, 0.05) is 23.4 Å². The lowest BCUT2D eigenvalue weighted by Gasteiger charge is -2.27. The van der Waals surface area contributed by atoms with Gasteiger partial charge in [0.1, 0.15) is 18.7 Å². The van der Waals surface area contributed by atoms with Crippen molar-refractivity contribution in [2.75, 3.05) is 18.9 Å². The van der Waals surface area contributed by atoms with Gasteiger partial charge >= 0.3 is 0 Å². The molecule has 3 heterocycles. The molecule has 8 heteroatoms. The molecule has 32 heavy (non-hydrogen) atoms. The average Bonchev–Trinajstić information content (AvgIpc) is 3.50. The maximum absolute atomic E-state index is 13.5. The minimum atomic E-state index is -0.802. The molecule has 2 amide bonds. The highest BCUT2D eigenvalue weighted by molar-refractivity contribution is 7.20. The molecule has 0 saturated carbocycles. The van der Waals surface area contributed by atoms with E-state index in [1.54, 1.807) is 17.0 Å². The van der Waals surface area contributed by atoms with Crippen LogP contribution in [0.5, 0.6) is 0 Å². The smallest absolute Gasteiger partial charge is 0.262 e. The number of carbonyl (C=O) groups is 3. The number of nitrogens with zero attached hydrogens (tertiary/aromatic N) is 1. The maximum Gasteiger partial charge on any atom is 0.262 e. The Balaban J connectivity index is 1.41. The number of rotatable bonds is 5. The molecule has 2 saturated heterocycles. The lowest BCUT2D eigenvalue weighted by Crippen LogP contribution is -2.53. The van der Waals surface area contributed by atoms with E-state index in [9.17, 15) is 14.4 Å². The summed E-state index contributed by atoms with van der Waals surface area (Å²) in [6, 6.07) is 15.5. The van der Waals surface area contributed by atoms with Crippen molar-refractivity contribution < 1.29 is 19.1 Å². The zero-order valence-corrected chi connectivity index (χ0v) is 18.1. The fourth-order valence-corrected chi connectivity index (χ4v) is 5.42. The van der Waals surface area contributed by atoms with Crippen LogP contribution in [0.1, 0.15) is 21.7 Å². The predicted molar refractivity (Wildman–Crippen MR) is 123 cm³/mol. The number of thiophene rings is 1. The Morgan fingerprint density at radius 2 is 1.97 bits per heavy atom. The topological polar surface area (TPSA) is 102 Å². The van der Waals surface area contributed by atoms with Crippen LogP contribution in [-0.2, 0) is 20.7 Å². The number of nitrogens with one attached hydrogen (secondary N) is 1. The van der Waals surface area contributed by atoms with Crippen LogP contribution in [0.2, 0.25) is 0 Å². The molecule has 7 nitrogen and oxygen atoms in total. The van der Waals surface area contributed by atoms with Crippen molar-refractivity contribution in [2.24, 2.45) is 0 Å². The maximum atomic E-state index is 13.5. The van der Waals surface area contributed by atoms with Gasteiger partial charge in [-0.25, -0.2) is 0 Å². The van der Waals surface area contributed by atoms with Gasteiger partial charge in [0.2, 0.25) is 5.91 Å². The molecule has 0 aliphatic carbocycles. The standard InChI is InChI=1S/C24H23N3O4S/c25-16-7-5-14(6-8-16)11-17(24(30)27-10-9-19-22(27)18(28)13-31-19)26-23(29)21-12-15-3-1-2-4-20(15)32-21/h1-8,12,17,19,22H,9-11,13,25H2,(H,26,29). The van der Waals surface area contributed by atoms with Gasteiger partial charge in [0.25, 0.3) is 5.91 Å². The Hall–Kier alpha value is -3.23. The van der Waals surface area contributed by atoms with Crippen LogP contribution >= 0.6 is 11.3 Å². The number of fused-ring (bicyclic) bond motifs is 2. The van der Waals surface area contributed by atoms with Crippen LogP contribution in [0.3, 0.4) is 0 Å². The van der Waals surface area contributed by atoms with Gasteiger partial charge in [0.15, 0.2) is 5.78 Å². The summed E-state index contributed by atoms with van der Waals surface area (Å²) in [6.07, 6.45) is 0.682. The number of ether oxygens (including phenoxy) is 1. The SMILES string of the molecule is Nc1ccc(CC(NC(=O)c2cc3ccccc3s2)C(=O)N2CCC3OCC(=O)C32)cc1. The van der Waals surface area contributed by atoms with Crippen molar-refractivity contribution in [1.29, 1.82) is 0 Å². The monoisotopic (exact) mass is 449 g/mol.